The van der Waals surface area contributed by atoms with Crippen molar-refractivity contribution in [2.24, 2.45) is 17.8 Å². The van der Waals surface area contributed by atoms with E-state index in [-0.39, 0.29) is 23.5 Å². The Bertz CT molecular complexity index is 601. The number of rotatable bonds is 5. The highest BCUT2D eigenvalue weighted by molar-refractivity contribution is 5.98. The number of aromatic carboxylic acids is 1. The molecule has 0 aromatic heterocycles. The molecule has 2 aliphatic carbocycles. The van der Waals surface area contributed by atoms with Crippen LogP contribution in [0, 0.1) is 17.8 Å². The van der Waals surface area contributed by atoms with Crippen molar-refractivity contribution in [3.63, 3.8) is 0 Å². The fourth-order valence-electron chi connectivity index (χ4n) is 3.54. The maximum Gasteiger partial charge on any atom is 0.335 e. The average Bonchev–Trinajstić information content (AvgIpc) is 2.93. The molecule has 1 amide bonds. The molecule has 0 heterocycles. The Balaban J connectivity index is 1.79. The number of carboxylic acids is 1. The minimum absolute atomic E-state index is 0.00848. The van der Waals surface area contributed by atoms with Gasteiger partial charge in [0.1, 0.15) is 5.75 Å². The zero-order chi connectivity index (χ0) is 15.9. The quantitative estimate of drug-likeness (QED) is 0.876. The summed E-state index contributed by atoms with van der Waals surface area (Å²) in [5.74, 6) is 0.628. The Labute approximate surface area is 129 Å². The zero-order valence-electron chi connectivity index (χ0n) is 12.8. The summed E-state index contributed by atoms with van der Waals surface area (Å²) < 4.78 is 5.67. The number of benzene rings is 1. The number of carbonyl (C=O) groups is 2. The van der Waals surface area contributed by atoms with E-state index in [0.717, 1.165) is 12.8 Å². The molecule has 2 aliphatic rings. The molecular formula is C17H21NO4. The van der Waals surface area contributed by atoms with Crippen LogP contribution < -0.4 is 10.1 Å². The van der Waals surface area contributed by atoms with Crippen LogP contribution in [0.1, 0.15) is 43.5 Å². The summed E-state index contributed by atoms with van der Waals surface area (Å²) in [6.45, 7) is 3.78. The molecule has 0 radical (unpaired) electrons. The van der Waals surface area contributed by atoms with Gasteiger partial charge in [0.05, 0.1) is 17.4 Å². The smallest absolute Gasteiger partial charge is 0.335 e. The van der Waals surface area contributed by atoms with Crippen molar-refractivity contribution in [3.8, 4) is 5.75 Å². The summed E-state index contributed by atoms with van der Waals surface area (Å²) in [5, 5.41) is 12.0. The first-order chi connectivity index (χ1) is 10.5. The monoisotopic (exact) mass is 303 g/mol. The van der Waals surface area contributed by atoms with Crippen molar-refractivity contribution in [1.82, 2.24) is 0 Å². The second-order valence-electron chi connectivity index (χ2n) is 6.46. The van der Waals surface area contributed by atoms with Gasteiger partial charge in [-0.25, -0.2) is 4.79 Å². The van der Waals surface area contributed by atoms with Crippen LogP contribution in [0.25, 0.3) is 0 Å². The number of nitrogens with one attached hydrogen (secondary N) is 1. The Morgan fingerprint density at radius 3 is 2.55 bits per heavy atom. The number of fused-ring (bicyclic) bond motifs is 1. The molecule has 0 saturated heterocycles. The van der Waals surface area contributed by atoms with Crippen LogP contribution in [0.15, 0.2) is 18.2 Å². The third-order valence-corrected chi connectivity index (χ3v) is 4.56. The lowest BCUT2D eigenvalue weighted by molar-refractivity contribution is -0.118. The molecule has 5 nitrogen and oxygen atoms in total. The number of hydrogen-bond acceptors (Lipinski definition) is 3. The van der Waals surface area contributed by atoms with Crippen molar-refractivity contribution in [2.45, 2.75) is 39.2 Å². The van der Waals surface area contributed by atoms with Gasteiger partial charge >= 0.3 is 5.97 Å². The van der Waals surface area contributed by atoms with E-state index in [1.54, 1.807) is 6.07 Å². The molecule has 0 spiro atoms. The number of carbonyl (C=O) groups excluding carboxylic acids is 1. The number of carboxylic acid groups (broad SMARTS) is 1. The standard InChI is InChI=1S/C17H21NO4/c1-9(2)22-14-7-6-10(17(20)21)8-13(14)18-16(19)15-11-4-3-5-12(11)15/h6-9,11-12,15H,3-5H2,1-2H3,(H,18,19)(H,20,21). The lowest BCUT2D eigenvalue weighted by Crippen LogP contribution is -2.18. The molecule has 118 valence electrons. The fourth-order valence-corrected chi connectivity index (χ4v) is 3.54. The second-order valence-corrected chi connectivity index (χ2v) is 6.46. The van der Waals surface area contributed by atoms with Crippen molar-refractivity contribution in [3.05, 3.63) is 23.8 Å². The van der Waals surface area contributed by atoms with Gasteiger partial charge in [-0.1, -0.05) is 6.42 Å². The van der Waals surface area contributed by atoms with Gasteiger partial charge in [0.25, 0.3) is 0 Å². The first-order valence-corrected chi connectivity index (χ1v) is 7.82. The third-order valence-electron chi connectivity index (χ3n) is 4.56. The summed E-state index contributed by atoms with van der Waals surface area (Å²) in [6, 6.07) is 4.56. The molecule has 2 unspecified atom stereocenters. The third kappa shape index (κ3) is 2.80. The minimum atomic E-state index is -1.02. The van der Waals surface area contributed by atoms with E-state index in [1.807, 2.05) is 13.8 Å². The predicted octanol–water partition coefficient (Wildman–Crippen LogP) is 3.16. The molecule has 5 heteroatoms. The molecule has 3 rings (SSSR count). The maximum absolute atomic E-state index is 12.4. The van der Waals surface area contributed by atoms with Gasteiger partial charge in [-0.2, -0.15) is 0 Å². The van der Waals surface area contributed by atoms with Gasteiger partial charge in [-0.05, 0) is 56.7 Å². The topological polar surface area (TPSA) is 75.6 Å². The summed E-state index contributed by atoms with van der Waals surface area (Å²) in [4.78, 5) is 23.5. The molecule has 1 aromatic carbocycles. The van der Waals surface area contributed by atoms with Gasteiger partial charge in [0.15, 0.2) is 0 Å². The van der Waals surface area contributed by atoms with Crippen molar-refractivity contribution in [1.29, 1.82) is 0 Å². The summed E-state index contributed by atoms with van der Waals surface area (Å²) in [6.07, 6.45) is 3.43. The van der Waals surface area contributed by atoms with E-state index in [1.165, 1.54) is 18.6 Å². The fraction of sp³-hybridized carbons (Fsp3) is 0.529. The van der Waals surface area contributed by atoms with E-state index >= 15 is 0 Å². The lowest BCUT2D eigenvalue weighted by atomic mass is 10.1. The van der Waals surface area contributed by atoms with Crippen LogP contribution in [0.2, 0.25) is 0 Å². The van der Waals surface area contributed by atoms with Crippen LogP contribution >= 0.6 is 0 Å². The summed E-state index contributed by atoms with van der Waals surface area (Å²) in [5.41, 5.74) is 0.589. The second kappa shape index (κ2) is 5.63. The van der Waals surface area contributed by atoms with E-state index in [9.17, 15) is 9.59 Å². The summed E-state index contributed by atoms with van der Waals surface area (Å²) >= 11 is 0. The van der Waals surface area contributed by atoms with E-state index in [2.05, 4.69) is 5.32 Å². The zero-order valence-corrected chi connectivity index (χ0v) is 12.8. The van der Waals surface area contributed by atoms with Crippen LogP contribution in [-0.4, -0.2) is 23.1 Å². The molecule has 2 atom stereocenters. The molecule has 1 aromatic rings. The predicted molar refractivity (Wildman–Crippen MR) is 82.1 cm³/mol. The van der Waals surface area contributed by atoms with Crippen molar-refractivity contribution >= 4 is 17.6 Å². The largest absolute Gasteiger partial charge is 0.489 e. The van der Waals surface area contributed by atoms with E-state index in [4.69, 9.17) is 9.84 Å². The Morgan fingerprint density at radius 2 is 1.95 bits per heavy atom. The molecule has 2 fully saturated rings. The molecule has 22 heavy (non-hydrogen) atoms. The highest BCUT2D eigenvalue weighted by Crippen LogP contribution is 2.57. The van der Waals surface area contributed by atoms with Crippen molar-refractivity contribution in [2.75, 3.05) is 5.32 Å². The first-order valence-electron chi connectivity index (χ1n) is 7.82. The van der Waals surface area contributed by atoms with E-state index < -0.39 is 5.97 Å². The van der Waals surface area contributed by atoms with Crippen LogP contribution in [0.4, 0.5) is 5.69 Å². The molecule has 2 N–H and O–H groups in total. The SMILES string of the molecule is CC(C)Oc1ccc(C(=O)O)cc1NC(=O)C1C2CCCC21. The van der Waals surface area contributed by atoms with E-state index in [0.29, 0.717) is 23.3 Å². The maximum atomic E-state index is 12.4. The van der Waals surface area contributed by atoms with Gasteiger partial charge in [-0.15, -0.1) is 0 Å². The molecule has 2 saturated carbocycles. The van der Waals surface area contributed by atoms with Crippen molar-refractivity contribution < 1.29 is 19.4 Å². The summed E-state index contributed by atoms with van der Waals surface area (Å²) in [7, 11) is 0. The van der Waals surface area contributed by atoms with Gasteiger partial charge in [-0.3, -0.25) is 4.79 Å². The van der Waals surface area contributed by atoms with Crippen LogP contribution in [-0.2, 0) is 4.79 Å². The van der Waals surface area contributed by atoms with Gasteiger partial charge in [0, 0.05) is 5.92 Å². The number of amides is 1. The van der Waals surface area contributed by atoms with Gasteiger partial charge in [0.2, 0.25) is 5.91 Å². The van der Waals surface area contributed by atoms with Crippen LogP contribution in [0.5, 0.6) is 5.75 Å². The Kier molecular flexibility index (Phi) is 3.81. The highest BCUT2D eigenvalue weighted by atomic mass is 16.5. The molecule has 0 aliphatic heterocycles. The number of anilines is 1. The number of ether oxygens (including phenoxy) is 1. The first kappa shape index (κ1) is 14.9. The Hall–Kier alpha value is -2.04. The number of hydrogen-bond donors (Lipinski definition) is 2. The Morgan fingerprint density at radius 1 is 1.27 bits per heavy atom. The minimum Gasteiger partial charge on any atom is -0.489 e. The normalized spacial score (nSPS) is 25.7. The van der Waals surface area contributed by atoms with Crippen LogP contribution in [0.3, 0.4) is 0 Å². The average molecular weight is 303 g/mol. The van der Waals surface area contributed by atoms with Gasteiger partial charge < -0.3 is 15.2 Å². The molecular weight excluding hydrogens is 282 g/mol. The molecule has 0 bridgehead atoms. The highest BCUT2D eigenvalue weighted by Gasteiger charge is 2.56. The lowest BCUT2D eigenvalue weighted by Gasteiger charge is -2.16.